The lowest BCUT2D eigenvalue weighted by molar-refractivity contribution is -0.143. The van der Waals surface area contributed by atoms with E-state index in [-0.39, 0.29) is 5.97 Å². The summed E-state index contributed by atoms with van der Waals surface area (Å²) in [6, 6.07) is 12.7. The van der Waals surface area contributed by atoms with Crippen molar-refractivity contribution in [2.45, 2.75) is 65.7 Å². The highest BCUT2D eigenvalue weighted by Crippen LogP contribution is 2.37. The van der Waals surface area contributed by atoms with Crippen molar-refractivity contribution in [3.8, 4) is 11.5 Å². The van der Waals surface area contributed by atoms with E-state index in [4.69, 9.17) is 9.47 Å². The van der Waals surface area contributed by atoms with Gasteiger partial charge in [0.1, 0.15) is 11.5 Å². The van der Waals surface area contributed by atoms with Gasteiger partial charge in [-0.05, 0) is 98.9 Å². The number of hydrogen-bond acceptors (Lipinski definition) is 3. The van der Waals surface area contributed by atoms with Crippen molar-refractivity contribution in [1.82, 2.24) is 0 Å². The first kappa shape index (κ1) is 20.4. The summed E-state index contributed by atoms with van der Waals surface area (Å²) < 4.78 is 11.0. The number of methoxy groups -OCH3 is 1. The maximum atomic E-state index is 12.2. The van der Waals surface area contributed by atoms with E-state index in [1.807, 2.05) is 26.8 Å². The van der Waals surface area contributed by atoms with Gasteiger partial charge in [0.15, 0.2) is 0 Å². The van der Waals surface area contributed by atoms with Gasteiger partial charge in [-0.3, -0.25) is 4.79 Å². The van der Waals surface area contributed by atoms with Crippen molar-refractivity contribution in [1.29, 1.82) is 0 Å². The summed E-state index contributed by atoms with van der Waals surface area (Å²) in [7, 11) is 1.73. The molecular weight excluding hydrogens is 348 g/mol. The Morgan fingerprint density at radius 1 is 1.07 bits per heavy atom. The maximum Gasteiger partial charge on any atom is 0.316 e. The molecular formula is C25H32O3. The van der Waals surface area contributed by atoms with Gasteiger partial charge in [-0.25, -0.2) is 0 Å². The molecule has 0 N–H and O–H groups in total. The lowest BCUT2D eigenvalue weighted by Gasteiger charge is -2.27. The Balaban J connectivity index is 1.79. The van der Waals surface area contributed by atoms with E-state index in [9.17, 15) is 4.79 Å². The van der Waals surface area contributed by atoms with E-state index in [0.717, 1.165) is 37.9 Å². The summed E-state index contributed by atoms with van der Waals surface area (Å²) >= 11 is 0. The maximum absolute atomic E-state index is 12.2. The van der Waals surface area contributed by atoms with E-state index >= 15 is 0 Å². The van der Waals surface area contributed by atoms with E-state index in [0.29, 0.717) is 11.7 Å². The van der Waals surface area contributed by atoms with Gasteiger partial charge in [-0.15, -0.1) is 0 Å². The molecule has 0 aromatic heterocycles. The average molecular weight is 381 g/mol. The van der Waals surface area contributed by atoms with Gasteiger partial charge in [-0.2, -0.15) is 0 Å². The molecule has 0 fully saturated rings. The fraction of sp³-hybridized carbons (Fsp3) is 0.480. The number of carbonyl (C=O) groups is 1. The molecule has 1 atom stereocenters. The van der Waals surface area contributed by atoms with E-state index in [1.165, 1.54) is 22.3 Å². The lowest BCUT2D eigenvalue weighted by atomic mass is 9.78. The molecule has 0 amide bonds. The molecule has 150 valence electrons. The van der Waals surface area contributed by atoms with Gasteiger partial charge in [0.25, 0.3) is 0 Å². The van der Waals surface area contributed by atoms with Crippen molar-refractivity contribution in [2.75, 3.05) is 7.11 Å². The van der Waals surface area contributed by atoms with Crippen LogP contribution in [0.15, 0.2) is 36.4 Å². The number of esters is 1. The molecule has 1 aliphatic rings. The zero-order valence-corrected chi connectivity index (χ0v) is 17.8. The fourth-order valence-corrected chi connectivity index (χ4v) is 3.91. The minimum atomic E-state index is -0.495. The zero-order valence-electron chi connectivity index (χ0n) is 17.8. The van der Waals surface area contributed by atoms with Crippen LogP contribution in [0.5, 0.6) is 11.5 Å². The number of benzene rings is 2. The molecule has 1 aliphatic carbocycles. The smallest absolute Gasteiger partial charge is 0.316 e. The largest absolute Gasteiger partial charge is 0.497 e. The first-order chi connectivity index (χ1) is 13.3. The second kappa shape index (κ2) is 8.38. The van der Waals surface area contributed by atoms with Crippen LogP contribution >= 0.6 is 0 Å². The number of fused-ring (bicyclic) bond motifs is 1. The summed E-state index contributed by atoms with van der Waals surface area (Å²) in [5.74, 6) is 1.94. The van der Waals surface area contributed by atoms with Crippen LogP contribution in [-0.2, 0) is 24.1 Å². The number of rotatable bonds is 5. The molecule has 0 spiro atoms. The monoisotopic (exact) mass is 380 g/mol. The van der Waals surface area contributed by atoms with Crippen LogP contribution in [0, 0.1) is 5.41 Å². The molecule has 3 rings (SSSR count). The van der Waals surface area contributed by atoms with Crippen LogP contribution in [-0.4, -0.2) is 13.1 Å². The van der Waals surface area contributed by atoms with Crippen LogP contribution in [0.25, 0.3) is 0 Å². The Morgan fingerprint density at radius 2 is 1.82 bits per heavy atom. The molecule has 0 aliphatic heterocycles. The quantitative estimate of drug-likeness (QED) is 0.480. The van der Waals surface area contributed by atoms with Crippen molar-refractivity contribution >= 4 is 5.97 Å². The molecule has 3 nitrogen and oxygen atoms in total. The van der Waals surface area contributed by atoms with Gasteiger partial charge in [0, 0.05) is 0 Å². The SMILES string of the molecule is CCCc1cc(OC)ccc1C1CCc2cc(OC(=O)C(C)(C)C)ccc2C1. The van der Waals surface area contributed by atoms with Crippen molar-refractivity contribution in [3.05, 3.63) is 58.7 Å². The summed E-state index contributed by atoms with van der Waals surface area (Å²) in [6.45, 7) is 7.85. The molecule has 3 heteroatoms. The number of ether oxygens (including phenoxy) is 2. The van der Waals surface area contributed by atoms with Crippen LogP contribution in [0.4, 0.5) is 0 Å². The van der Waals surface area contributed by atoms with Crippen molar-refractivity contribution < 1.29 is 14.3 Å². The third-order valence-corrected chi connectivity index (χ3v) is 5.54. The van der Waals surface area contributed by atoms with Gasteiger partial charge in [-0.1, -0.05) is 25.5 Å². The summed E-state index contributed by atoms with van der Waals surface area (Å²) in [6.07, 6.45) is 5.38. The molecule has 2 aromatic carbocycles. The standard InChI is InChI=1S/C25H32O3/c1-6-7-19-16-21(27-5)12-13-23(19)20-9-8-18-15-22(11-10-17(18)14-20)28-24(26)25(2,3)4/h10-13,15-16,20H,6-9,14H2,1-5H3. The predicted octanol–water partition coefficient (Wildman–Crippen LogP) is 5.87. The average Bonchev–Trinajstić information content (AvgIpc) is 2.67. The summed E-state index contributed by atoms with van der Waals surface area (Å²) in [5, 5.41) is 0. The molecule has 0 radical (unpaired) electrons. The van der Waals surface area contributed by atoms with E-state index in [1.54, 1.807) is 7.11 Å². The predicted molar refractivity (Wildman–Crippen MR) is 113 cm³/mol. The van der Waals surface area contributed by atoms with Gasteiger partial charge in [0.2, 0.25) is 0 Å². The minimum Gasteiger partial charge on any atom is -0.497 e. The highest BCUT2D eigenvalue weighted by atomic mass is 16.5. The van der Waals surface area contributed by atoms with Gasteiger partial charge < -0.3 is 9.47 Å². The second-order valence-electron chi connectivity index (χ2n) is 8.82. The topological polar surface area (TPSA) is 35.5 Å². The lowest BCUT2D eigenvalue weighted by Crippen LogP contribution is -2.25. The Labute approximate surface area is 169 Å². The van der Waals surface area contributed by atoms with Crippen LogP contribution < -0.4 is 9.47 Å². The normalized spacial score (nSPS) is 16.4. The van der Waals surface area contributed by atoms with Crippen LogP contribution in [0.1, 0.15) is 68.7 Å². The van der Waals surface area contributed by atoms with Crippen LogP contribution in [0.2, 0.25) is 0 Å². The van der Waals surface area contributed by atoms with Crippen molar-refractivity contribution in [2.24, 2.45) is 5.41 Å². The Kier molecular flexibility index (Phi) is 6.12. The minimum absolute atomic E-state index is 0.191. The van der Waals surface area contributed by atoms with E-state index < -0.39 is 5.41 Å². The molecule has 0 heterocycles. The molecule has 0 saturated carbocycles. The third-order valence-electron chi connectivity index (χ3n) is 5.54. The molecule has 2 aromatic rings. The number of aryl methyl sites for hydroxylation is 2. The first-order valence-corrected chi connectivity index (χ1v) is 10.3. The number of hydrogen-bond donors (Lipinski definition) is 0. The van der Waals surface area contributed by atoms with Gasteiger partial charge in [0.05, 0.1) is 12.5 Å². The Morgan fingerprint density at radius 3 is 2.50 bits per heavy atom. The third kappa shape index (κ3) is 4.57. The second-order valence-corrected chi connectivity index (χ2v) is 8.82. The highest BCUT2D eigenvalue weighted by Gasteiger charge is 2.26. The zero-order chi connectivity index (χ0) is 20.3. The van der Waals surface area contributed by atoms with Crippen molar-refractivity contribution in [3.63, 3.8) is 0 Å². The molecule has 1 unspecified atom stereocenters. The Hall–Kier alpha value is -2.29. The first-order valence-electron chi connectivity index (χ1n) is 10.3. The molecule has 28 heavy (non-hydrogen) atoms. The molecule has 0 saturated heterocycles. The summed E-state index contributed by atoms with van der Waals surface area (Å²) in [5.41, 5.74) is 5.04. The van der Waals surface area contributed by atoms with Crippen LogP contribution in [0.3, 0.4) is 0 Å². The molecule has 0 bridgehead atoms. The van der Waals surface area contributed by atoms with E-state index in [2.05, 4.69) is 37.3 Å². The number of carbonyl (C=O) groups excluding carboxylic acids is 1. The highest BCUT2D eigenvalue weighted by molar-refractivity contribution is 5.77. The van der Waals surface area contributed by atoms with Gasteiger partial charge >= 0.3 is 5.97 Å². The Bertz CT molecular complexity index is 845. The fourth-order valence-electron chi connectivity index (χ4n) is 3.91. The summed E-state index contributed by atoms with van der Waals surface area (Å²) in [4.78, 5) is 12.2.